The van der Waals surface area contributed by atoms with Crippen LogP contribution in [-0.4, -0.2) is 34.1 Å². The number of nitrogens with zero attached hydrogens (tertiary/aromatic N) is 1. The van der Waals surface area contributed by atoms with Crippen LogP contribution in [0.5, 0.6) is 0 Å². The topological polar surface area (TPSA) is 52.6 Å². The van der Waals surface area contributed by atoms with Gasteiger partial charge in [-0.15, -0.1) is 11.3 Å². The van der Waals surface area contributed by atoms with Gasteiger partial charge in [-0.3, -0.25) is 9.69 Å². The first-order valence-corrected chi connectivity index (χ1v) is 11.4. The molecule has 3 atom stereocenters. The average molecular weight is 417 g/mol. The summed E-state index contributed by atoms with van der Waals surface area (Å²) in [6.07, 6.45) is 4.65. The number of carbonyl (C=O) groups is 1. The largest absolute Gasteiger partial charge is 0.388 e. The number of likely N-dealkylation sites (tertiary alicyclic amines) is 1. The van der Waals surface area contributed by atoms with Crippen molar-refractivity contribution in [2.45, 2.75) is 63.3 Å². The smallest absolute Gasteiger partial charge is 0.223 e. The third-order valence-electron chi connectivity index (χ3n) is 6.44. The van der Waals surface area contributed by atoms with Gasteiger partial charge in [0.2, 0.25) is 5.91 Å². The summed E-state index contributed by atoms with van der Waals surface area (Å²) in [6.45, 7) is 3.19. The Kier molecular flexibility index (Phi) is 6.04. The van der Waals surface area contributed by atoms with Gasteiger partial charge in [0.1, 0.15) is 5.82 Å². The Morgan fingerprint density at radius 3 is 2.66 bits per heavy atom. The third kappa shape index (κ3) is 4.55. The predicted octanol–water partition coefficient (Wildman–Crippen LogP) is 4.26. The van der Waals surface area contributed by atoms with Crippen molar-refractivity contribution in [3.8, 4) is 0 Å². The maximum Gasteiger partial charge on any atom is 0.223 e. The first-order valence-electron chi connectivity index (χ1n) is 10.5. The lowest BCUT2D eigenvalue weighted by atomic mass is 9.81. The van der Waals surface area contributed by atoms with Gasteiger partial charge in [0.05, 0.1) is 17.7 Å². The van der Waals surface area contributed by atoms with E-state index in [4.69, 9.17) is 0 Å². The minimum Gasteiger partial charge on any atom is -0.388 e. The zero-order valence-electron chi connectivity index (χ0n) is 16.8. The van der Waals surface area contributed by atoms with E-state index in [1.807, 2.05) is 18.4 Å². The standard InChI is InChI=1S/C23H29FN2O2S/c1-23(28)12-13-26(15-16-8-10-18(24)11-9-16)20(19-7-4-14-29-19)21(23)25-22(27)17-5-2-3-6-17/h4,7-11,14,17,20-21,28H,2-3,5-6,12-13,15H2,1H3,(H,25,27)/t20-,21-,23+/m0/s1. The summed E-state index contributed by atoms with van der Waals surface area (Å²) in [6, 6.07) is 10.2. The Balaban J connectivity index is 1.61. The van der Waals surface area contributed by atoms with Gasteiger partial charge in [-0.05, 0) is 55.3 Å². The van der Waals surface area contributed by atoms with E-state index in [0.29, 0.717) is 19.5 Å². The number of hydrogen-bond acceptors (Lipinski definition) is 4. The SMILES string of the molecule is C[C@@]1(O)CCN(Cc2ccc(F)cc2)[C@@H](c2cccs2)[C@@H]1NC(=O)C1CCCC1. The number of carbonyl (C=O) groups excluding carboxylic acids is 1. The lowest BCUT2D eigenvalue weighted by Crippen LogP contribution is -2.62. The van der Waals surface area contributed by atoms with Crippen molar-refractivity contribution in [1.82, 2.24) is 10.2 Å². The molecule has 2 N–H and O–H groups in total. The summed E-state index contributed by atoms with van der Waals surface area (Å²) in [5, 5.41) is 16.5. The molecule has 2 aromatic rings. The highest BCUT2D eigenvalue weighted by molar-refractivity contribution is 7.10. The van der Waals surface area contributed by atoms with Gasteiger partial charge >= 0.3 is 0 Å². The van der Waals surface area contributed by atoms with Crippen molar-refractivity contribution in [1.29, 1.82) is 0 Å². The summed E-state index contributed by atoms with van der Waals surface area (Å²) in [4.78, 5) is 16.4. The van der Waals surface area contributed by atoms with Gasteiger partial charge in [0.15, 0.2) is 0 Å². The number of thiophene rings is 1. The molecule has 1 aromatic heterocycles. The summed E-state index contributed by atoms with van der Waals surface area (Å²) in [5.41, 5.74) is 0.0396. The highest BCUT2D eigenvalue weighted by Crippen LogP contribution is 2.40. The molecular formula is C23H29FN2O2S. The highest BCUT2D eigenvalue weighted by atomic mass is 32.1. The fraction of sp³-hybridized carbons (Fsp3) is 0.522. The van der Waals surface area contributed by atoms with Gasteiger partial charge in [0.25, 0.3) is 0 Å². The number of amides is 1. The molecule has 29 heavy (non-hydrogen) atoms. The van der Waals surface area contributed by atoms with Crippen LogP contribution in [-0.2, 0) is 11.3 Å². The van der Waals surface area contributed by atoms with Crippen molar-refractivity contribution >= 4 is 17.2 Å². The van der Waals surface area contributed by atoms with E-state index in [1.165, 1.54) is 12.1 Å². The molecule has 2 heterocycles. The molecule has 1 aliphatic heterocycles. The molecule has 0 radical (unpaired) electrons. The summed E-state index contributed by atoms with van der Waals surface area (Å²) in [7, 11) is 0. The van der Waals surface area contributed by atoms with Crippen LogP contribution in [0.1, 0.15) is 55.5 Å². The number of benzene rings is 1. The van der Waals surface area contributed by atoms with E-state index >= 15 is 0 Å². The number of halogens is 1. The summed E-state index contributed by atoms with van der Waals surface area (Å²) >= 11 is 1.65. The molecular weight excluding hydrogens is 387 g/mol. The molecule has 1 saturated carbocycles. The van der Waals surface area contributed by atoms with Crippen LogP contribution >= 0.6 is 11.3 Å². The molecule has 156 valence electrons. The van der Waals surface area contributed by atoms with Crippen LogP contribution in [0.15, 0.2) is 41.8 Å². The molecule has 1 aliphatic carbocycles. The quantitative estimate of drug-likeness (QED) is 0.766. The summed E-state index contributed by atoms with van der Waals surface area (Å²) in [5.74, 6) is -0.118. The number of hydrogen-bond donors (Lipinski definition) is 2. The molecule has 0 unspecified atom stereocenters. The fourth-order valence-electron chi connectivity index (χ4n) is 4.71. The minimum absolute atomic E-state index is 0.0576. The van der Waals surface area contributed by atoms with E-state index in [1.54, 1.807) is 23.5 Å². The normalized spacial score (nSPS) is 28.5. The van der Waals surface area contributed by atoms with E-state index in [0.717, 1.165) is 36.1 Å². The minimum atomic E-state index is -0.984. The maximum absolute atomic E-state index is 13.3. The van der Waals surface area contributed by atoms with Gasteiger partial charge in [-0.25, -0.2) is 4.39 Å². The van der Waals surface area contributed by atoms with E-state index in [2.05, 4.69) is 16.3 Å². The zero-order valence-corrected chi connectivity index (χ0v) is 17.6. The summed E-state index contributed by atoms with van der Waals surface area (Å²) < 4.78 is 13.3. The first kappa shape index (κ1) is 20.5. The Hall–Kier alpha value is -1.76. The molecule has 2 fully saturated rings. The van der Waals surface area contributed by atoms with Crippen LogP contribution in [0.3, 0.4) is 0 Å². The monoisotopic (exact) mass is 416 g/mol. The maximum atomic E-state index is 13.3. The van der Waals surface area contributed by atoms with Gasteiger partial charge < -0.3 is 10.4 Å². The van der Waals surface area contributed by atoms with Crippen molar-refractivity contribution in [2.24, 2.45) is 5.92 Å². The van der Waals surface area contributed by atoms with E-state index in [-0.39, 0.29) is 29.7 Å². The predicted molar refractivity (Wildman–Crippen MR) is 113 cm³/mol. The number of aliphatic hydroxyl groups is 1. The molecule has 1 saturated heterocycles. The molecule has 2 aliphatic rings. The van der Waals surface area contributed by atoms with Gasteiger partial charge in [-0.2, -0.15) is 0 Å². The van der Waals surface area contributed by atoms with Crippen molar-refractivity contribution in [3.05, 3.63) is 58.0 Å². The lowest BCUT2D eigenvalue weighted by molar-refractivity contribution is -0.132. The number of piperidine rings is 1. The lowest BCUT2D eigenvalue weighted by Gasteiger charge is -2.49. The average Bonchev–Trinajstić information content (AvgIpc) is 3.40. The van der Waals surface area contributed by atoms with Crippen LogP contribution in [0.2, 0.25) is 0 Å². The van der Waals surface area contributed by atoms with Crippen LogP contribution in [0.4, 0.5) is 4.39 Å². The van der Waals surface area contributed by atoms with Crippen molar-refractivity contribution in [2.75, 3.05) is 6.54 Å². The van der Waals surface area contributed by atoms with E-state index < -0.39 is 5.60 Å². The Morgan fingerprint density at radius 1 is 1.28 bits per heavy atom. The third-order valence-corrected chi connectivity index (χ3v) is 7.38. The van der Waals surface area contributed by atoms with Crippen LogP contribution < -0.4 is 5.32 Å². The van der Waals surface area contributed by atoms with Gasteiger partial charge in [-0.1, -0.05) is 31.0 Å². The second-order valence-electron chi connectivity index (χ2n) is 8.63. The second kappa shape index (κ2) is 8.54. The zero-order chi connectivity index (χ0) is 20.4. The van der Waals surface area contributed by atoms with Crippen molar-refractivity contribution in [3.63, 3.8) is 0 Å². The Bertz CT molecular complexity index is 816. The second-order valence-corrected chi connectivity index (χ2v) is 9.61. The molecule has 4 nitrogen and oxygen atoms in total. The first-order chi connectivity index (χ1) is 13.9. The molecule has 0 bridgehead atoms. The molecule has 4 rings (SSSR count). The van der Waals surface area contributed by atoms with Crippen LogP contribution in [0, 0.1) is 11.7 Å². The number of nitrogens with one attached hydrogen (secondary N) is 1. The molecule has 1 amide bonds. The van der Waals surface area contributed by atoms with Crippen LogP contribution in [0.25, 0.3) is 0 Å². The van der Waals surface area contributed by atoms with Gasteiger partial charge in [0, 0.05) is 23.9 Å². The van der Waals surface area contributed by atoms with Crippen molar-refractivity contribution < 1.29 is 14.3 Å². The molecule has 6 heteroatoms. The molecule has 0 spiro atoms. The fourth-order valence-corrected chi connectivity index (χ4v) is 5.61. The highest BCUT2D eigenvalue weighted by Gasteiger charge is 2.47. The van der Waals surface area contributed by atoms with E-state index in [9.17, 15) is 14.3 Å². The Labute approximate surface area is 175 Å². The molecule has 1 aromatic carbocycles. The Morgan fingerprint density at radius 2 is 2.00 bits per heavy atom. The number of rotatable bonds is 5.